The Labute approximate surface area is 126 Å². The van der Waals surface area contributed by atoms with Gasteiger partial charge in [0.2, 0.25) is 0 Å². The van der Waals surface area contributed by atoms with Gasteiger partial charge in [-0.25, -0.2) is 0 Å². The van der Waals surface area contributed by atoms with E-state index in [1.54, 1.807) is 6.20 Å². The van der Waals surface area contributed by atoms with E-state index in [1.807, 2.05) is 30.3 Å². The van der Waals surface area contributed by atoms with Crippen molar-refractivity contribution in [3.05, 3.63) is 42.1 Å². The minimum absolute atomic E-state index is 0.0333. The van der Waals surface area contributed by atoms with E-state index in [4.69, 9.17) is 0 Å². The zero-order valence-electron chi connectivity index (χ0n) is 11.7. The summed E-state index contributed by atoms with van der Waals surface area (Å²) in [6.45, 7) is 0. The molecule has 2 aliphatic heterocycles. The third-order valence-corrected chi connectivity index (χ3v) is 7.02. The molecule has 3 nitrogen and oxygen atoms in total. The summed E-state index contributed by atoms with van der Waals surface area (Å²) in [7, 11) is -0.704. The van der Waals surface area contributed by atoms with E-state index in [9.17, 15) is 9.00 Å². The second kappa shape index (κ2) is 5.02. The molecule has 0 radical (unpaired) electrons. The van der Waals surface area contributed by atoms with E-state index < -0.39 is 10.8 Å². The molecule has 2 unspecified atom stereocenters. The van der Waals surface area contributed by atoms with Crippen molar-refractivity contribution in [1.29, 1.82) is 0 Å². The second-order valence-corrected chi connectivity index (χ2v) is 8.05. The highest BCUT2D eigenvalue weighted by molar-refractivity contribution is 7.86. The van der Waals surface area contributed by atoms with Crippen LogP contribution in [0.4, 0.5) is 0 Å². The minimum atomic E-state index is -0.704. The summed E-state index contributed by atoms with van der Waals surface area (Å²) in [5.41, 5.74) is 1.64. The molecule has 2 aliphatic rings. The predicted octanol–water partition coefficient (Wildman–Crippen LogP) is 3.11. The Morgan fingerprint density at radius 1 is 1.10 bits per heavy atom. The molecular weight excluding hydrogens is 282 g/mol. The number of nitrogens with zero attached hydrogens (tertiary/aromatic N) is 1. The van der Waals surface area contributed by atoms with Gasteiger partial charge in [-0.15, -0.1) is 0 Å². The second-order valence-electron chi connectivity index (χ2n) is 6.06. The largest absolute Gasteiger partial charge is 0.294 e. The fourth-order valence-electron chi connectivity index (χ4n) is 3.78. The number of aromatic nitrogens is 1. The van der Waals surface area contributed by atoms with Crippen LogP contribution in [0.1, 0.15) is 36.0 Å². The Morgan fingerprint density at radius 2 is 1.81 bits per heavy atom. The minimum Gasteiger partial charge on any atom is -0.294 e. The summed E-state index contributed by atoms with van der Waals surface area (Å²) < 4.78 is 12.1. The first-order chi connectivity index (χ1) is 10.2. The topological polar surface area (TPSA) is 47.0 Å². The van der Waals surface area contributed by atoms with Crippen molar-refractivity contribution in [2.24, 2.45) is 5.92 Å². The Kier molecular flexibility index (Phi) is 3.14. The van der Waals surface area contributed by atoms with E-state index >= 15 is 0 Å². The molecule has 0 saturated carbocycles. The van der Waals surface area contributed by atoms with Gasteiger partial charge in [0.25, 0.3) is 0 Å². The number of para-hydroxylation sites is 1. The molecule has 4 heteroatoms. The van der Waals surface area contributed by atoms with Crippen molar-refractivity contribution in [3.63, 3.8) is 0 Å². The smallest absolute Gasteiger partial charge is 0.166 e. The maximum absolute atomic E-state index is 12.9. The van der Waals surface area contributed by atoms with Crippen molar-refractivity contribution >= 4 is 27.5 Å². The summed E-state index contributed by atoms with van der Waals surface area (Å²) in [5.74, 6) is 0.244. The number of benzene rings is 1. The maximum atomic E-state index is 12.9. The van der Waals surface area contributed by atoms with Crippen LogP contribution in [0.5, 0.6) is 0 Å². The molecule has 3 heterocycles. The molecule has 4 rings (SSSR count). The maximum Gasteiger partial charge on any atom is 0.166 e. The number of Topliss-reactive ketones (excluding diaryl/α,β-unsaturated/α-hetero) is 1. The van der Waals surface area contributed by atoms with E-state index in [0.717, 1.165) is 42.1 Å². The molecule has 21 heavy (non-hydrogen) atoms. The number of rotatable bonds is 2. The highest BCUT2D eigenvalue weighted by Crippen LogP contribution is 2.40. The van der Waals surface area contributed by atoms with Crippen LogP contribution < -0.4 is 0 Å². The SMILES string of the molecule is O=C(c1ccnc2ccccc12)C1CC2CCC(C1)S2=O. The third kappa shape index (κ3) is 2.13. The Morgan fingerprint density at radius 3 is 2.57 bits per heavy atom. The quantitative estimate of drug-likeness (QED) is 0.801. The summed E-state index contributed by atoms with van der Waals surface area (Å²) in [5, 5.41) is 1.42. The first kappa shape index (κ1) is 13.1. The predicted molar refractivity (Wildman–Crippen MR) is 83.7 cm³/mol. The van der Waals surface area contributed by atoms with Gasteiger partial charge in [0.1, 0.15) is 0 Å². The number of hydrogen-bond donors (Lipinski definition) is 0. The summed E-state index contributed by atoms with van der Waals surface area (Å²) in [6.07, 6.45) is 5.35. The average molecular weight is 299 g/mol. The van der Waals surface area contributed by atoms with Crippen LogP contribution in [0.3, 0.4) is 0 Å². The molecule has 2 atom stereocenters. The molecule has 2 bridgehead atoms. The van der Waals surface area contributed by atoms with Crippen LogP contribution in [-0.4, -0.2) is 25.5 Å². The molecule has 0 aliphatic carbocycles. The van der Waals surface area contributed by atoms with Crippen molar-refractivity contribution < 1.29 is 9.00 Å². The van der Waals surface area contributed by atoms with Crippen molar-refractivity contribution in [1.82, 2.24) is 4.98 Å². The van der Waals surface area contributed by atoms with Gasteiger partial charge in [0.15, 0.2) is 5.78 Å². The normalized spacial score (nSPS) is 31.4. The molecule has 0 spiro atoms. The van der Waals surface area contributed by atoms with Crippen LogP contribution in [0.25, 0.3) is 10.9 Å². The molecule has 108 valence electrons. The van der Waals surface area contributed by atoms with Gasteiger partial charge in [-0.3, -0.25) is 14.0 Å². The standard InChI is InChI=1S/C17H17NO2S/c19-17(11-9-12-5-6-13(10-11)21(12)20)15-7-8-18-16-4-2-1-3-14(15)16/h1-4,7-8,11-13H,5-6,9-10H2. The number of pyridine rings is 1. The molecular formula is C17H17NO2S. The summed E-state index contributed by atoms with van der Waals surface area (Å²) in [4.78, 5) is 17.2. The van der Waals surface area contributed by atoms with Gasteiger partial charge in [-0.1, -0.05) is 18.2 Å². The zero-order chi connectivity index (χ0) is 14.4. The van der Waals surface area contributed by atoms with Crippen LogP contribution in [-0.2, 0) is 10.8 Å². The molecule has 0 amide bonds. The van der Waals surface area contributed by atoms with Gasteiger partial charge in [0.05, 0.1) is 5.52 Å². The van der Waals surface area contributed by atoms with Crippen molar-refractivity contribution in [2.45, 2.75) is 36.2 Å². The van der Waals surface area contributed by atoms with E-state index in [0.29, 0.717) is 0 Å². The van der Waals surface area contributed by atoms with Crippen molar-refractivity contribution in [2.75, 3.05) is 0 Å². The Bertz CT molecular complexity index is 721. The molecule has 1 aromatic carbocycles. The first-order valence-electron chi connectivity index (χ1n) is 7.51. The Hall–Kier alpha value is -1.55. The lowest BCUT2D eigenvalue weighted by molar-refractivity contribution is 0.0908. The molecule has 2 saturated heterocycles. The number of carbonyl (C=O) groups is 1. The van der Waals surface area contributed by atoms with Gasteiger partial charge in [-0.05, 0) is 37.8 Å². The fourth-order valence-corrected chi connectivity index (χ4v) is 5.90. The van der Waals surface area contributed by atoms with Crippen LogP contribution in [0, 0.1) is 5.92 Å². The van der Waals surface area contributed by atoms with Crippen LogP contribution >= 0.6 is 0 Å². The average Bonchev–Trinajstić information content (AvgIpc) is 2.75. The number of hydrogen-bond acceptors (Lipinski definition) is 3. The lowest BCUT2D eigenvalue weighted by Crippen LogP contribution is -2.32. The third-order valence-electron chi connectivity index (χ3n) is 4.85. The van der Waals surface area contributed by atoms with Gasteiger partial charge in [0, 0.05) is 44.4 Å². The molecule has 1 aromatic heterocycles. The number of fused-ring (bicyclic) bond motifs is 3. The highest BCUT2D eigenvalue weighted by atomic mass is 32.2. The van der Waals surface area contributed by atoms with E-state index in [1.165, 1.54) is 0 Å². The zero-order valence-corrected chi connectivity index (χ0v) is 12.5. The Balaban J connectivity index is 1.70. The van der Waals surface area contributed by atoms with Crippen LogP contribution in [0.15, 0.2) is 36.5 Å². The number of carbonyl (C=O) groups excluding carboxylic acids is 1. The summed E-state index contributed by atoms with van der Waals surface area (Å²) in [6, 6.07) is 9.61. The molecule has 0 N–H and O–H groups in total. The lowest BCUT2D eigenvalue weighted by atomic mass is 9.89. The monoisotopic (exact) mass is 299 g/mol. The lowest BCUT2D eigenvalue weighted by Gasteiger charge is -2.26. The van der Waals surface area contributed by atoms with E-state index in [2.05, 4.69) is 4.98 Å². The summed E-state index contributed by atoms with van der Waals surface area (Å²) >= 11 is 0. The highest BCUT2D eigenvalue weighted by Gasteiger charge is 2.43. The van der Waals surface area contributed by atoms with Gasteiger partial charge >= 0.3 is 0 Å². The molecule has 2 fully saturated rings. The molecule has 2 aromatic rings. The van der Waals surface area contributed by atoms with Crippen LogP contribution in [0.2, 0.25) is 0 Å². The first-order valence-corrected chi connectivity index (χ1v) is 8.79. The number of ketones is 1. The van der Waals surface area contributed by atoms with Gasteiger partial charge in [-0.2, -0.15) is 0 Å². The fraction of sp³-hybridized carbons (Fsp3) is 0.412. The van der Waals surface area contributed by atoms with Crippen molar-refractivity contribution in [3.8, 4) is 0 Å². The van der Waals surface area contributed by atoms with Gasteiger partial charge < -0.3 is 0 Å². The van der Waals surface area contributed by atoms with E-state index in [-0.39, 0.29) is 22.2 Å².